The van der Waals surface area contributed by atoms with Crippen LogP contribution in [0.25, 0.3) is 0 Å². The van der Waals surface area contributed by atoms with Crippen LogP contribution in [0.1, 0.15) is 37.7 Å². The molecule has 0 bridgehead atoms. The Labute approximate surface area is 148 Å². The summed E-state index contributed by atoms with van der Waals surface area (Å²) < 4.78 is 5.51. The molecule has 1 saturated heterocycles. The average Bonchev–Trinajstić information content (AvgIpc) is 3.00. The molecule has 1 unspecified atom stereocenters. The van der Waals surface area contributed by atoms with E-state index < -0.39 is 0 Å². The van der Waals surface area contributed by atoms with Crippen molar-refractivity contribution in [3.8, 4) is 0 Å². The van der Waals surface area contributed by atoms with Crippen molar-refractivity contribution in [2.45, 2.75) is 45.7 Å². The number of nitrogens with zero attached hydrogens (tertiary/aromatic N) is 2. The summed E-state index contributed by atoms with van der Waals surface area (Å²) >= 11 is 5.32. The third-order valence-corrected chi connectivity index (χ3v) is 4.57. The summed E-state index contributed by atoms with van der Waals surface area (Å²) in [6, 6.07) is 8.53. The second kappa shape index (κ2) is 7.66. The number of aromatic nitrogens is 1. The highest BCUT2D eigenvalue weighted by Gasteiger charge is 2.19. The number of hydrogen-bond donors (Lipinski definition) is 2. The van der Waals surface area contributed by atoms with Crippen molar-refractivity contribution in [1.29, 1.82) is 0 Å². The molecule has 2 aromatic rings. The number of nitrogens with one attached hydrogen (secondary N) is 2. The Hall–Kier alpha value is -2.08. The normalized spacial score (nSPS) is 17.6. The van der Waals surface area contributed by atoms with Gasteiger partial charge in [-0.1, -0.05) is 0 Å². The number of furan rings is 1. The number of pyridine rings is 1. The third kappa shape index (κ3) is 4.26. The lowest BCUT2D eigenvalue weighted by molar-refractivity contribution is 0.478. The van der Waals surface area contributed by atoms with Crippen LogP contribution in [0, 0.1) is 6.92 Å². The molecule has 0 aromatic carbocycles. The van der Waals surface area contributed by atoms with E-state index in [2.05, 4.69) is 33.5 Å². The molecular weight excluding hydrogens is 320 g/mol. The summed E-state index contributed by atoms with van der Waals surface area (Å²) in [5.74, 6) is 2.80. The molecule has 6 heteroatoms. The van der Waals surface area contributed by atoms with Crippen LogP contribution >= 0.6 is 12.2 Å². The number of hydrogen-bond acceptors (Lipinski definition) is 4. The first-order chi connectivity index (χ1) is 11.6. The Bertz CT molecular complexity index is 683. The van der Waals surface area contributed by atoms with E-state index in [4.69, 9.17) is 16.6 Å². The van der Waals surface area contributed by atoms with Crippen LogP contribution in [-0.4, -0.2) is 22.7 Å². The zero-order valence-corrected chi connectivity index (χ0v) is 15.0. The number of anilines is 2. The number of thiocarbonyl (C=S) groups is 1. The van der Waals surface area contributed by atoms with Gasteiger partial charge in [-0.05, 0) is 69.6 Å². The van der Waals surface area contributed by atoms with Crippen molar-refractivity contribution in [2.75, 3.05) is 16.8 Å². The van der Waals surface area contributed by atoms with E-state index in [1.807, 2.05) is 31.3 Å². The third-order valence-electron chi connectivity index (χ3n) is 4.32. The number of piperidine rings is 1. The predicted molar refractivity (Wildman–Crippen MR) is 101 cm³/mol. The molecule has 0 amide bonds. The molecule has 1 aliphatic heterocycles. The Balaban J connectivity index is 1.52. The lowest BCUT2D eigenvalue weighted by Crippen LogP contribution is -2.37. The van der Waals surface area contributed by atoms with Gasteiger partial charge in [-0.2, -0.15) is 0 Å². The van der Waals surface area contributed by atoms with Gasteiger partial charge in [0.15, 0.2) is 5.11 Å². The molecule has 128 valence electrons. The van der Waals surface area contributed by atoms with E-state index in [1.54, 1.807) is 0 Å². The zero-order valence-electron chi connectivity index (χ0n) is 14.2. The molecule has 3 heterocycles. The van der Waals surface area contributed by atoms with Crippen LogP contribution in [0.5, 0.6) is 0 Å². The maximum atomic E-state index is 5.51. The lowest BCUT2D eigenvalue weighted by atomic mass is 10.0. The summed E-state index contributed by atoms with van der Waals surface area (Å²) in [5, 5.41) is 6.85. The summed E-state index contributed by atoms with van der Waals surface area (Å²) in [7, 11) is 0. The van der Waals surface area contributed by atoms with Gasteiger partial charge in [0, 0.05) is 12.6 Å². The van der Waals surface area contributed by atoms with Gasteiger partial charge in [-0.25, -0.2) is 4.98 Å². The Morgan fingerprint density at radius 3 is 2.88 bits per heavy atom. The monoisotopic (exact) mass is 344 g/mol. The minimum Gasteiger partial charge on any atom is -0.465 e. The minimum absolute atomic E-state index is 0.560. The first-order valence-electron chi connectivity index (χ1n) is 8.44. The fourth-order valence-electron chi connectivity index (χ4n) is 2.99. The minimum atomic E-state index is 0.560. The largest absolute Gasteiger partial charge is 0.465 e. The molecule has 0 radical (unpaired) electrons. The molecule has 0 spiro atoms. The van der Waals surface area contributed by atoms with E-state index in [9.17, 15) is 0 Å². The molecule has 5 nitrogen and oxygen atoms in total. The highest BCUT2D eigenvalue weighted by molar-refractivity contribution is 7.80. The molecule has 1 fully saturated rings. The fraction of sp³-hybridized carbons (Fsp3) is 0.444. The Kier molecular flexibility index (Phi) is 5.35. The van der Waals surface area contributed by atoms with E-state index >= 15 is 0 Å². The number of aryl methyl sites for hydroxylation is 1. The van der Waals surface area contributed by atoms with Crippen molar-refractivity contribution in [3.05, 3.63) is 42.0 Å². The molecular formula is C18H24N4OS. The summed E-state index contributed by atoms with van der Waals surface area (Å²) in [4.78, 5) is 6.96. The first kappa shape index (κ1) is 16.8. The van der Waals surface area contributed by atoms with Crippen molar-refractivity contribution in [3.63, 3.8) is 0 Å². The SMILES string of the molecule is Cc1ccc(CNC(=S)Nc2ccc(N3CCCCC3C)nc2)o1. The van der Waals surface area contributed by atoms with Gasteiger partial charge in [0.05, 0.1) is 18.4 Å². The zero-order chi connectivity index (χ0) is 16.9. The van der Waals surface area contributed by atoms with Gasteiger partial charge >= 0.3 is 0 Å². The van der Waals surface area contributed by atoms with Gasteiger partial charge in [-0.3, -0.25) is 0 Å². The van der Waals surface area contributed by atoms with Crippen molar-refractivity contribution in [1.82, 2.24) is 10.3 Å². The van der Waals surface area contributed by atoms with Gasteiger partial charge in [-0.15, -0.1) is 0 Å². The van der Waals surface area contributed by atoms with Crippen LogP contribution in [-0.2, 0) is 6.54 Å². The van der Waals surface area contributed by atoms with Crippen LogP contribution in [0.15, 0.2) is 34.9 Å². The molecule has 3 rings (SSSR count). The fourth-order valence-corrected chi connectivity index (χ4v) is 3.18. The predicted octanol–water partition coefficient (Wildman–Crippen LogP) is 3.85. The second-order valence-corrected chi connectivity index (χ2v) is 6.67. The molecule has 0 aliphatic carbocycles. The van der Waals surface area contributed by atoms with Gasteiger partial charge in [0.2, 0.25) is 0 Å². The van der Waals surface area contributed by atoms with E-state index in [-0.39, 0.29) is 0 Å². The van der Waals surface area contributed by atoms with Gasteiger partial charge < -0.3 is 20.0 Å². The van der Waals surface area contributed by atoms with Crippen LogP contribution in [0.3, 0.4) is 0 Å². The van der Waals surface area contributed by atoms with Crippen LogP contribution in [0.2, 0.25) is 0 Å². The van der Waals surface area contributed by atoms with Gasteiger partial charge in [0.25, 0.3) is 0 Å². The highest BCUT2D eigenvalue weighted by Crippen LogP contribution is 2.23. The highest BCUT2D eigenvalue weighted by atomic mass is 32.1. The van der Waals surface area contributed by atoms with E-state index in [1.165, 1.54) is 19.3 Å². The van der Waals surface area contributed by atoms with Gasteiger partial charge in [0.1, 0.15) is 17.3 Å². The second-order valence-electron chi connectivity index (χ2n) is 6.26. The van der Waals surface area contributed by atoms with E-state index in [0.717, 1.165) is 29.6 Å². The number of rotatable bonds is 4. The molecule has 2 N–H and O–H groups in total. The summed E-state index contributed by atoms with van der Waals surface area (Å²) in [5.41, 5.74) is 0.886. The molecule has 24 heavy (non-hydrogen) atoms. The van der Waals surface area contributed by atoms with Crippen LogP contribution in [0.4, 0.5) is 11.5 Å². The molecule has 1 aliphatic rings. The van der Waals surface area contributed by atoms with Crippen molar-refractivity contribution in [2.24, 2.45) is 0 Å². The van der Waals surface area contributed by atoms with Crippen molar-refractivity contribution >= 4 is 28.8 Å². The molecule has 2 aromatic heterocycles. The maximum absolute atomic E-state index is 5.51. The first-order valence-corrected chi connectivity index (χ1v) is 8.85. The quantitative estimate of drug-likeness (QED) is 0.822. The smallest absolute Gasteiger partial charge is 0.171 e. The van der Waals surface area contributed by atoms with E-state index in [0.29, 0.717) is 17.7 Å². The van der Waals surface area contributed by atoms with Crippen LogP contribution < -0.4 is 15.5 Å². The summed E-state index contributed by atoms with van der Waals surface area (Å²) in [6.07, 6.45) is 5.63. The lowest BCUT2D eigenvalue weighted by Gasteiger charge is -2.34. The molecule has 0 saturated carbocycles. The average molecular weight is 344 g/mol. The maximum Gasteiger partial charge on any atom is 0.171 e. The summed E-state index contributed by atoms with van der Waals surface area (Å²) in [6.45, 7) is 5.85. The van der Waals surface area contributed by atoms with Crippen molar-refractivity contribution < 1.29 is 4.42 Å². The molecule has 1 atom stereocenters. The topological polar surface area (TPSA) is 53.3 Å². The Morgan fingerprint density at radius 1 is 1.33 bits per heavy atom. The Morgan fingerprint density at radius 2 is 2.21 bits per heavy atom. The standard InChI is InChI=1S/C18H24N4OS/c1-13-5-3-4-10-22(13)17-9-7-15(11-19-17)21-18(24)20-12-16-8-6-14(2)23-16/h6-9,11,13H,3-5,10,12H2,1-2H3,(H2,20,21,24).